The number of benzene rings is 6. The van der Waals surface area contributed by atoms with Crippen LogP contribution in [0, 0.1) is 0 Å². The molecule has 0 spiro atoms. The Bertz CT molecular complexity index is 3600. The first-order valence-corrected chi connectivity index (χ1v) is 24.7. The normalized spacial score (nSPS) is 15.5. The van der Waals surface area contributed by atoms with Gasteiger partial charge in [-0.15, -0.1) is 0 Å². The van der Waals surface area contributed by atoms with Gasteiger partial charge in [-0.2, -0.15) is 10.2 Å². The fraction of sp³-hybridized carbons (Fsp3) is 0.137. The van der Waals surface area contributed by atoms with Crippen LogP contribution in [0.25, 0.3) is 77.3 Å². The van der Waals surface area contributed by atoms with Crippen LogP contribution in [-0.2, 0) is 40.5 Å². The number of hydrogen-bond donors (Lipinski definition) is 3. The molecule has 340 valence electrons. The van der Waals surface area contributed by atoms with E-state index in [0.29, 0.717) is 35.3 Å². The van der Waals surface area contributed by atoms with Gasteiger partial charge in [-0.3, -0.25) is 0 Å². The summed E-state index contributed by atoms with van der Waals surface area (Å²) in [5.41, 5.74) is 16.9. The molecule has 0 bridgehead atoms. The lowest BCUT2D eigenvalue weighted by Gasteiger charge is -2.38. The lowest BCUT2D eigenvalue weighted by atomic mass is 9.80. The van der Waals surface area contributed by atoms with Gasteiger partial charge in [0.1, 0.15) is 0 Å². The van der Waals surface area contributed by atoms with Crippen LogP contribution in [0.15, 0.2) is 168 Å². The zero-order valence-electron chi connectivity index (χ0n) is 36.5. The van der Waals surface area contributed by atoms with Crippen LogP contribution in [0.3, 0.4) is 0 Å². The molecule has 0 aliphatic carbocycles. The fourth-order valence-corrected chi connectivity index (χ4v) is 10.5. The summed E-state index contributed by atoms with van der Waals surface area (Å²) >= 11 is 0. The summed E-state index contributed by atoms with van der Waals surface area (Å²) in [7, 11) is -7.70. The second-order valence-corrected chi connectivity index (χ2v) is 20.7. The summed E-state index contributed by atoms with van der Waals surface area (Å²) in [6, 6.07) is 37.8. The Labute approximate surface area is 390 Å². The molecule has 2 fully saturated rings. The van der Waals surface area contributed by atoms with Gasteiger partial charge < -0.3 is 15.2 Å². The SMILES string of the molecule is CC1(c2ccc(-c3cnc4c(-c5ccc(S(N)(=O)=O)c6ccccc56)cnn4c3)cc2)COC1.NC1(c2ccc(-c3cnc4c(-c5ccc(S(N)(=O)=O)c6ccccc56)cnn4c3)cc2)COC1. The fourth-order valence-electron chi connectivity index (χ4n) is 9.06. The van der Waals surface area contributed by atoms with E-state index in [4.69, 9.17) is 30.5 Å². The standard InChI is InChI=1S/C26H22N4O3S.C25H21N5O3S/c1-26(15-33-16-26)19-8-6-17(7-9-19)18-12-28-25-23(13-29-30(25)14-18)21-10-11-24(34(27,31)32)22-5-3-2-4-20(21)22;26-25(14-33-15-25)18-7-5-16(6-8-18)17-11-28-24-22(12-29-30(24)13-17)20-9-10-23(34(27,31)32)21-4-2-1-3-19(20)21/h2-14H,15-16H2,1H3,(H2,27,31,32);1-13H,14-15,26H2,(H2,27,31,32). The van der Waals surface area contributed by atoms with Crippen LogP contribution < -0.4 is 16.0 Å². The summed E-state index contributed by atoms with van der Waals surface area (Å²) in [4.78, 5) is 9.58. The van der Waals surface area contributed by atoms with Gasteiger partial charge in [0.05, 0.1) is 54.2 Å². The smallest absolute Gasteiger partial charge is 0.238 e. The molecule has 0 atom stereocenters. The molecule has 2 saturated heterocycles. The quantitative estimate of drug-likeness (QED) is 0.138. The van der Waals surface area contributed by atoms with Gasteiger partial charge in [0.15, 0.2) is 11.3 Å². The molecule has 4 aromatic heterocycles. The number of aromatic nitrogens is 6. The minimum absolute atomic E-state index is 0.0924. The van der Waals surface area contributed by atoms with Crippen molar-refractivity contribution in [2.75, 3.05) is 26.4 Å². The number of nitrogens with two attached hydrogens (primary N) is 3. The zero-order chi connectivity index (χ0) is 47.0. The molecule has 0 saturated carbocycles. The van der Waals surface area contributed by atoms with Crippen LogP contribution >= 0.6 is 0 Å². The molecule has 0 radical (unpaired) electrons. The molecule has 12 rings (SSSR count). The third-order valence-corrected chi connectivity index (χ3v) is 14.9. The van der Waals surface area contributed by atoms with Crippen molar-refractivity contribution in [3.63, 3.8) is 0 Å². The highest BCUT2D eigenvalue weighted by Gasteiger charge is 2.36. The van der Waals surface area contributed by atoms with Crippen molar-refractivity contribution in [2.45, 2.75) is 27.7 Å². The Morgan fingerprint density at radius 3 is 1.28 bits per heavy atom. The number of nitrogens with zero attached hydrogens (tertiary/aromatic N) is 6. The maximum Gasteiger partial charge on any atom is 0.238 e. The van der Waals surface area contributed by atoms with Crippen molar-refractivity contribution < 1.29 is 26.3 Å². The van der Waals surface area contributed by atoms with Crippen LogP contribution in [0.2, 0.25) is 0 Å². The molecule has 68 heavy (non-hydrogen) atoms. The van der Waals surface area contributed by atoms with E-state index in [1.54, 1.807) is 70.1 Å². The van der Waals surface area contributed by atoms with E-state index >= 15 is 0 Å². The molecule has 0 amide bonds. The second-order valence-electron chi connectivity index (χ2n) is 17.6. The van der Waals surface area contributed by atoms with E-state index < -0.39 is 25.6 Å². The number of hydrogen-bond acceptors (Lipinski definition) is 11. The largest absolute Gasteiger partial charge is 0.379 e. The first-order chi connectivity index (χ1) is 32.7. The number of ether oxygens (including phenoxy) is 2. The van der Waals surface area contributed by atoms with Crippen LogP contribution in [0.5, 0.6) is 0 Å². The van der Waals surface area contributed by atoms with Gasteiger partial charge >= 0.3 is 0 Å². The van der Waals surface area contributed by atoms with E-state index in [0.717, 1.165) is 74.1 Å². The predicted molar refractivity (Wildman–Crippen MR) is 260 cm³/mol. The van der Waals surface area contributed by atoms with Crippen LogP contribution in [-0.4, -0.2) is 72.5 Å². The number of primary sulfonamides is 2. The lowest BCUT2D eigenvalue weighted by Crippen LogP contribution is -2.54. The van der Waals surface area contributed by atoms with E-state index in [1.165, 1.54) is 11.6 Å². The molecule has 6 aromatic carbocycles. The first-order valence-electron chi connectivity index (χ1n) is 21.6. The highest BCUT2D eigenvalue weighted by Crippen LogP contribution is 2.38. The Morgan fingerprint density at radius 2 is 0.897 bits per heavy atom. The summed E-state index contributed by atoms with van der Waals surface area (Å²) in [6.07, 6.45) is 11.0. The molecular formula is C51H43N9O6S2. The molecular weight excluding hydrogens is 899 g/mol. The zero-order valence-corrected chi connectivity index (χ0v) is 38.2. The van der Waals surface area contributed by atoms with Crippen molar-refractivity contribution in [3.05, 3.63) is 170 Å². The number of fused-ring (bicyclic) bond motifs is 4. The maximum atomic E-state index is 12.1. The van der Waals surface area contributed by atoms with Crippen molar-refractivity contribution in [3.8, 4) is 44.5 Å². The highest BCUT2D eigenvalue weighted by atomic mass is 32.2. The third kappa shape index (κ3) is 7.59. The second kappa shape index (κ2) is 16.2. The topological polar surface area (TPSA) is 225 Å². The monoisotopic (exact) mass is 941 g/mol. The summed E-state index contributed by atoms with van der Waals surface area (Å²) in [5.74, 6) is 0. The highest BCUT2D eigenvalue weighted by molar-refractivity contribution is 7.89. The molecule has 17 heteroatoms. The minimum Gasteiger partial charge on any atom is -0.379 e. The average Bonchev–Trinajstić information content (AvgIpc) is 3.95. The molecule has 15 nitrogen and oxygen atoms in total. The van der Waals surface area contributed by atoms with Gasteiger partial charge in [0, 0.05) is 63.2 Å². The van der Waals surface area contributed by atoms with E-state index in [-0.39, 0.29) is 15.2 Å². The van der Waals surface area contributed by atoms with Gasteiger partial charge in [-0.05, 0) is 56.3 Å². The predicted octanol–water partition coefficient (Wildman–Crippen LogP) is 7.20. The van der Waals surface area contributed by atoms with Crippen molar-refractivity contribution >= 4 is 52.9 Å². The van der Waals surface area contributed by atoms with E-state index in [9.17, 15) is 16.8 Å². The maximum absolute atomic E-state index is 12.1. The summed E-state index contributed by atoms with van der Waals surface area (Å²) < 4.78 is 62.4. The van der Waals surface area contributed by atoms with Crippen LogP contribution in [0.1, 0.15) is 18.1 Å². The minimum atomic E-state index is -3.86. The van der Waals surface area contributed by atoms with E-state index in [2.05, 4.69) is 46.4 Å². The lowest BCUT2D eigenvalue weighted by molar-refractivity contribution is -0.0569. The Morgan fingerprint density at radius 1 is 0.485 bits per heavy atom. The number of rotatable bonds is 8. The summed E-state index contributed by atoms with van der Waals surface area (Å²) in [5, 5.41) is 22.6. The Balaban J connectivity index is 0.000000149. The first kappa shape index (κ1) is 43.4. The Kier molecular flexibility index (Phi) is 10.4. The average molecular weight is 942 g/mol. The third-order valence-electron chi connectivity index (χ3n) is 12.9. The Hall–Kier alpha value is -7.22. The van der Waals surface area contributed by atoms with Gasteiger partial charge in [0.2, 0.25) is 20.0 Å². The van der Waals surface area contributed by atoms with E-state index in [1.807, 2.05) is 67.1 Å². The molecule has 6 N–H and O–H groups in total. The van der Waals surface area contributed by atoms with Gasteiger partial charge in [-0.25, -0.2) is 46.1 Å². The molecule has 10 aromatic rings. The van der Waals surface area contributed by atoms with Crippen molar-refractivity contribution in [1.82, 2.24) is 29.2 Å². The van der Waals surface area contributed by atoms with Crippen LogP contribution in [0.4, 0.5) is 0 Å². The molecule has 6 heterocycles. The molecule has 0 unspecified atom stereocenters. The van der Waals surface area contributed by atoms with Gasteiger partial charge in [-0.1, -0.05) is 116 Å². The van der Waals surface area contributed by atoms with Crippen molar-refractivity contribution in [1.29, 1.82) is 0 Å². The summed E-state index contributed by atoms with van der Waals surface area (Å²) in [6.45, 7) is 4.78. The molecule has 2 aliphatic rings. The molecule has 2 aliphatic heterocycles. The van der Waals surface area contributed by atoms with Crippen molar-refractivity contribution in [2.24, 2.45) is 16.0 Å². The van der Waals surface area contributed by atoms with Gasteiger partial charge in [0.25, 0.3) is 0 Å². The number of sulfonamides is 2.